The van der Waals surface area contributed by atoms with E-state index in [4.69, 9.17) is 5.73 Å². The Hall–Kier alpha value is -2.17. The van der Waals surface area contributed by atoms with Crippen LogP contribution in [0.3, 0.4) is 0 Å². The van der Waals surface area contributed by atoms with Crippen LogP contribution in [0.5, 0.6) is 0 Å². The maximum Gasteiger partial charge on any atom is 0.248 e. The Kier molecular flexibility index (Phi) is 4.34. The molecule has 2 aliphatic heterocycles. The minimum atomic E-state index is -0.496. The zero-order valence-corrected chi connectivity index (χ0v) is 17.1. The van der Waals surface area contributed by atoms with Gasteiger partial charge in [0.25, 0.3) is 0 Å². The fourth-order valence-corrected chi connectivity index (χ4v) is 6.35. The molecule has 4 atom stereocenters. The molecular formula is C25H30N2O2. The summed E-state index contributed by atoms with van der Waals surface area (Å²) >= 11 is 0. The van der Waals surface area contributed by atoms with Crippen molar-refractivity contribution in [3.05, 3.63) is 71.3 Å². The second-order valence-corrected chi connectivity index (χ2v) is 9.44. The first-order valence-corrected chi connectivity index (χ1v) is 10.9. The number of rotatable bonds is 6. The first-order valence-electron chi connectivity index (χ1n) is 10.9. The number of benzene rings is 2. The summed E-state index contributed by atoms with van der Waals surface area (Å²) in [5.74, 6) is 0.696. The molecule has 1 amide bonds. The summed E-state index contributed by atoms with van der Waals surface area (Å²) in [6.07, 6.45) is 4.85. The molecule has 2 aromatic carbocycles. The molecule has 29 heavy (non-hydrogen) atoms. The second kappa shape index (κ2) is 6.68. The Bertz CT molecular complexity index is 907. The van der Waals surface area contributed by atoms with E-state index in [2.05, 4.69) is 42.2 Å². The van der Waals surface area contributed by atoms with Crippen molar-refractivity contribution in [1.82, 2.24) is 4.90 Å². The minimum Gasteiger partial charge on any atom is -0.390 e. The smallest absolute Gasteiger partial charge is 0.248 e. The molecule has 1 saturated carbocycles. The van der Waals surface area contributed by atoms with Gasteiger partial charge < -0.3 is 10.8 Å². The van der Waals surface area contributed by atoms with Gasteiger partial charge in [-0.25, -0.2) is 0 Å². The number of fused-ring (bicyclic) bond motifs is 1. The lowest BCUT2D eigenvalue weighted by atomic mass is 9.64. The van der Waals surface area contributed by atoms with Crippen LogP contribution < -0.4 is 5.73 Å². The standard InChI is InChI=1S/C25H30N2O2/c1-2-25(21-10-6-9-19(12-21)23(26)28)22-11-17(16-27(22)25)13-24(29)14-20(15-24)18-7-4-3-5-8-18/h3-10,12,17,20,22,29H,2,11,13-16H2,1H3,(H2,26,28). The van der Waals surface area contributed by atoms with Crippen LogP contribution in [-0.4, -0.2) is 34.1 Å². The molecule has 152 valence electrons. The van der Waals surface area contributed by atoms with E-state index in [-0.39, 0.29) is 11.4 Å². The molecule has 3 aliphatic rings. The van der Waals surface area contributed by atoms with E-state index in [9.17, 15) is 9.90 Å². The van der Waals surface area contributed by atoms with Gasteiger partial charge in [0.15, 0.2) is 0 Å². The number of nitrogens with zero attached hydrogens (tertiary/aromatic N) is 1. The Morgan fingerprint density at radius 2 is 1.93 bits per heavy atom. The van der Waals surface area contributed by atoms with Crippen LogP contribution in [0.4, 0.5) is 0 Å². The van der Waals surface area contributed by atoms with Crippen molar-refractivity contribution in [2.45, 2.75) is 62.1 Å². The zero-order chi connectivity index (χ0) is 20.2. The number of hydrogen-bond donors (Lipinski definition) is 2. The SMILES string of the molecule is CCC1(c2cccc(C(N)=O)c2)C2CC(CC3(O)CC(c4ccccc4)C3)CN21. The molecule has 2 heterocycles. The van der Waals surface area contributed by atoms with Gasteiger partial charge in [-0.15, -0.1) is 0 Å². The summed E-state index contributed by atoms with van der Waals surface area (Å²) in [7, 11) is 0. The zero-order valence-electron chi connectivity index (χ0n) is 17.1. The molecule has 0 spiro atoms. The number of carbonyl (C=O) groups excluding carboxylic acids is 1. The Balaban J connectivity index is 1.22. The average Bonchev–Trinajstić information content (AvgIpc) is 3.10. The van der Waals surface area contributed by atoms with Gasteiger partial charge in [-0.1, -0.05) is 49.4 Å². The molecular weight excluding hydrogens is 360 g/mol. The van der Waals surface area contributed by atoms with Gasteiger partial charge in [0.2, 0.25) is 5.91 Å². The van der Waals surface area contributed by atoms with Gasteiger partial charge in [0, 0.05) is 18.2 Å². The van der Waals surface area contributed by atoms with Crippen LogP contribution in [0.1, 0.15) is 66.4 Å². The highest BCUT2D eigenvalue weighted by molar-refractivity contribution is 5.93. The topological polar surface area (TPSA) is 66.3 Å². The minimum absolute atomic E-state index is 0.0523. The number of piperidine rings is 1. The first-order chi connectivity index (χ1) is 13.9. The summed E-state index contributed by atoms with van der Waals surface area (Å²) in [5, 5.41) is 11.0. The molecule has 4 heteroatoms. The number of aliphatic hydroxyl groups is 1. The third kappa shape index (κ3) is 3.01. The Morgan fingerprint density at radius 3 is 2.55 bits per heavy atom. The van der Waals surface area contributed by atoms with E-state index in [0.29, 0.717) is 23.4 Å². The van der Waals surface area contributed by atoms with Gasteiger partial charge in [-0.2, -0.15) is 0 Å². The van der Waals surface area contributed by atoms with E-state index < -0.39 is 5.60 Å². The van der Waals surface area contributed by atoms with Crippen molar-refractivity contribution in [1.29, 1.82) is 0 Å². The van der Waals surface area contributed by atoms with Crippen molar-refractivity contribution in [3.8, 4) is 0 Å². The monoisotopic (exact) mass is 390 g/mol. The van der Waals surface area contributed by atoms with Crippen molar-refractivity contribution in [2.75, 3.05) is 6.54 Å². The Labute approximate surface area is 172 Å². The number of amides is 1. The van der Waals surface area contributed by atoms with Gasteiger partial charge in [0.05, 0.1) is 11.1 Å². The van der Waals surface area contributed by atoms with Crippen LogP contribution in [0, 0.1) is 5.92 Å². The van der Waals surface area contributed by atoms with E-state index in [1.807, 2.05) is 18.2 Å². The molecule has 2 aromatic rings. The largest absolute Gasteiger partial charge is 0.390 e. The van der Waals surface area contributed by atoms with Crippen LogP contribution in [0.25, 0.3) is 0 Å². The van der Waals surface area contributed by atoms with Gasteiger partial charge in [0.1, 0.15) is 0 Å². The van der Waals surface area contributed by atoms with E-state index in [1.54, 1.807) is 6.07 Å². The number of carbonyl (C=O) groups is 1. The van der Waals surface area contributed by atoms with Crippen LogP contribution in [0.2, 0.25) is 0 Å². The number of primary amides is 1. The molecule has 0 bridgehead atoms. The molecule has 2 saturated heterocycles. The summed E-state index contributed by atoms with van der Waals surface area (Å²) in [4.78, 5) is 14.2. The van der Waals surface area contributed by atoms with Gasteiger partial charge in [-0.05, 0) is 67.2 Å². The van der Waals surface area contributed by atoms with Crippen LogP contribution in [0.15, 0.2) is 54.6 Å². The third-order valence-corrected chi connectivity index (χ3v) is 7.76. The second-order valence-electron chi connectivity index (χ2n) is 9.44. The molecule has 4 unspecified atom stereocenters. The predicted molar refractivity (Wildman–Crippen MR) is 114 cm³/mol. The molecule has 3 fully saturated rings. The van der Waals surface area contributed by atoms with Crippen molar-refractivity contribution >= 4 is 5.91 Å². The maximum absolute atomic E-state index is 11.6. The summed E-state index contributed by atoms with van der Waals surface area (Å²) in [6, 6.07) is 18.9. The average molecular weight is 391 g/mol. The van der Waals surface area contributed by atoms with E-state index in [0.717, 1.165) is 38.6 Å². The molecule has 3 N–H and O–H groups in total. The highest BCUT2D eigenvalue weighted by atomic mass is 16.3. The van der Waals surface area contributed by atoms with E-state index in [1.165, 1.54) is 11.1 Å². The summed E-state index contributed by atoms with van der Waals surface area (Å²) in [5.41, 5.74) is 8.21. The molecule has 1 aliphatic carbocycles. The van der Waals surface area contributed by atoms with Crippen molar-refractivity contribution in [2.24, 2.45) is 11.7 Å². The first kappa shape index (κ1) is 18.8. The van der Waals surface area contributed by atoms with Crippen LogP contribution >= 0.6 is 0 Å². The third-order valence-electron chi connectivity index (χ3n) is 7.76. The number of hydrogen-bond acceptors (Lipinski definition) is 3. The van der Waals surface area contributed by atoms with Crippen LogP contribution in [-0.2, 0) is 5.54 Å². The van der Waals surface area contributed by atoms with Gasteiger partial charge in [-0.3, -0.25) is 9.69 Å². The summed E-state index contributed by atoms with van der Waals surface area (Å²) in [6.45, 7) is 3.27. The van der Waals surface area contributed by atoms with Gasteiger partial charge >= 0.3 is 0 Å². The highest BCUT2D eigenvalue weighted by Crippen LogP contribution is 2.61. The maximum atomic E-state index is 11.6. The lowest BCUT2D eigenvalue weighted by Gasteiger charge is -2.45. The lowest BCUT2D eigenvalue weighted by Crippen LogP contribution is -2.44. The quantitative estimate of drug-likeness (QED) is 0.738. The summed E-state index contributed by atoms with van der Waals surface area (Å²) < 4.78 is 0. The molecule has 0 radical (unpaired) electrons. The fourth-order valence-electron chi connectivity index (χ4n) is 6.35. The van der Waals surface area contributed by atoms with Crippen molar-refractivity contribution < 1.29 is 9.90 Å². The molecule has 5 rings (SSSR count). The highest BCUT2D eigenvalue weighted by Gasteiger charge is 2.66. The predicted octanol–water partition coefficient (Wildman–Crippen LogP) is 3.79. The van der Waals surface area contributed by atoms with Crippen molar-refractivity contribution in [3.63, 3.8) is 0 Å². The van der Waals surface area contributed by atoms with E-state index >= 15 is 0 Å². The molecule has 4 nitrogen and oxygen atoms in total. The Morgan fingerprint density at radius 1 is 1.17 bits per heavy atom. The normalized spacial score (nSPS) is 37.6. The fraction of sp³-hybridized carbons (Fsp3) is 0.480. The molecule has 0 aromatic heterocycles. The lowest BCUT2D eigenvalue weighted by molar-refractivity contribution is -0.0673. The number of nitrogens with two attached hydrogens (primary N) is 1.